The molecule has 0 fully saturated rings. The van der Waals surface area contributed by atoms with Crippen molar-refractivity contribution in [2.75, 3.05) is 6.54 Å². The van der Waals surface area contributed by atoms with Gasteiger partial charge in [-0.1, -0.05) is 29.3 Å². The van der Waals surface area contributed by atoms with Gasteiger partial charge in [-0.15, -0.1) is 0 Å². The van der Waals surface area contributed by atoms with E-state index in [0.717, 1.165) is 13.0 Å². The van der Waals surface area contributed by atoms with E-state index in [1.165, 1.54) is 16.7 Å². The third kappa shape index (κ3) is 4.33. The molecule has 2 unspecified atom stereocenters. The molecule has 0 heterocycles. The number of hydrogen-bond acceptors (Lipinski definition) is 2. The minimum absolute atomic E-state index is 0.223. The summed E-state index contributed by atoms with van der Waals surface area (Å²) in [5.41, 5.74) is 3.93. The zero-order valence-corrected chi connectivity index (χ0v) is 10.7. The average molecular weight is 221 g/mol. The van der Waals surface area contributed by atoms with Crippen LogP contribution in [0.5, 0.6) is 0 Å². The van der Waals surface area contributed by atoms with Crippen LogP contribution in [-0.4, -0.2) is 17.8 Å². The smallest absolute Gasteiger partial charge is 0.0524 e. The number of aryl methyl sites for hydroxylation is 2. The van der Waals surface area contributed by atoms with E-state index < -0.39 is 0 Å². The number of nitrogens with one attached hydrogen (secondary N) is 1. The van der Waals surface area contributed by atoms with Crippen molar-refractivity contribution in [1.29, 1.82) is 0 Å². The minimum Gasteiger partial charge on any atom is -0.393 e. The van der Waals surface area contributed by atoms with Gasteiger partial charge in [0.1, 0.15) is 0 Å². The van der Waals surface area contributed by atoms with Gasteiger partial charge in [0.15, 0.2) is 0 Å². The molecule has 0 aliphatic heterocycles. The molecule has 0 aromatic heterocycles. The van der Waals surface area contributed by atoms with Gasteiger partial charge in [0.05, 0.1) is 6.10 Å². The summed E-state index contributed by atoms with van der Waals surface area (Å²) >= 11 is 0. The third-order valence-electron chi connectivity index (χ3n) is 2.76. The Balaban J connectivity index is 2.55. The van der Waals surface area contributed by atoms with E-state index in [9.17, 15) is 5.11 Å². The van der Waals surface area contributed by atoms with Crippen molar-refractivity contribution in [2.45, 2.75) is 46.3 Å². The topological polar surface area (TPSA) is 32.3 Å². The van der Waals surface area contributed by atoms with Gasteiger partial charge in [0.25, 0.3) is 0 Å². The van der Waals surface area contributed by atoms with E-state index in [1.807, 2.05) is 6.92 Å². The van der Waals surface area contributed by atoms with E-state index in [-0.39, 0.29) is 6.10 Å². The fourth-order valence-corrected chi connectivity index (χ4v) is 1.89. The molecule has 2 atom stereocenters. The molecule has 1 rings (SSSR count). The van der Waals surface area contributed by atoms with Crippen LogP contribution in [0.1, 0.15) is 43.0 Å². The van der Waals surface area contributed by atoms with Crippen molar-refractivity contribution in [3.05, 3.63) is 34.9 Å². The average Bonchev–Trinajstić information content (AvgIpc) is 2.15. The van der Waals surface area contributed by atoms with E-state index in [0.29, 0.717) is 6.04 Å². The van der Waals surface area contributed by atoms with Crippen molar-refractivity contribution in [1.82, 2.24) is 5.32 Å². The highest BCUT2D eigenvalue weighted by Gasteiger charge is 2.06. The van der Waals surface area contributed by atoms with Gasteiger partial charge in [-0.25, -0.2) is 0 Å². The van der Waals surface area contributed by atoms with Gasteiger partial charge in [-0.3, -0.25) is 0 Å². The van der Waals surface area contributed by atoms with Crippen molar-refractivity contribution in [2.24, 2.45) is 0 Å². The lowest BCUT2D eigenvalue weighted by atomic mass is 10.0. The predicted molar refractivity (Wildman–Crippen MR) is 68.6 cm³/mol. The summed E-state index contributed by atoms with van der Waals surface area (Å²) in [4.78, 5) is 0. The second-order valence-electron chi connectivity index (χ2n) is 4.73. The Morgan fingerprint density at radius 1 is 1.12 bits per heavy atom. The van der Waals surface area contributed by atoms with Crippen LogP contribution in [0.15, 0.2) is 18.2 Å². The van der Waals surface area contributed by atoms with Gasteiger partial charge in [0.2, 0.25) is 0 Å². The number of hydrogen-bond donors (Lipinski definition) is 2. The maximum atomic E-state index is 9.18. The largest absolute Gasteiger partial charge is 0.393 e. The fourth-order valence-electron chi connectivity index (χ4n) is 1.89. The lowest BCUT2D eigenvalue weighted by Gasteiger charge is -2.16. The van der Waals surface area contributed by atoms with Crippen molar-refractivity contribution >= 4 is 0 Å². The molecule has 1 aromatic carbocycles. The molecule has 0 aliphatic carbocycles. The molecule has 0 aliphatic rings. The number of rotatable bonds is 5. The molecule has 0 saturated carbocycles. The molecule has 0 saturated heterocycles. The van der Waals surface area contributed by atoms with Crippen LogP contribution in [0.4, 0.5) is 0 Å². The Labute approximate surface area is 98.7 Å². The van der Waals surface area contributed by atoms with E-state index in [1.54, 1.807) is 0 Å². The first-order chi connectivity index (χ1) is 7.49. The van der Waals surface area contributed by atoms with Crippen LogP contribution in [0.25, 0.3) is 0 Å². The van der Waals surface area contributed by atoms with Crippen molar-refractivity contribution in [3.63, 3.8) is 0 Å². The predicted octanol–water partition coefficient (Wildman–Crippen LogP) is 2.72. The first kappa shape index (κ1) is 13.2. The van der Waals surface area contributed by atoms with Gasteiger partial charge in [-0.2, -0.15) is 0 Å². The first-order valence-electron chi connectivity index (χ1n) is 5.98. The summed E-state index contributed by atoms with van der Waals surface area (Å²) in [6, 6.07) is 6.96. The third-order valence-corrected chi connectivity index (χ3v) is 2.76. The highest BCUT2D eigenvalue weighted by molar-refractivity contribution is 5.30. The van der Waals surface area contributed by atoms with Gasteiger partial charge >= 0.3 is 0 Å². The molecule has 90 valence electrons. The Kier molecular flexibility index (Phi) is 4.97. The van der Waals surface area contributed by atoms with Gasteiger partial charge in [-0.05, 0) is 46.2 Å². The highest BCUT2D eigenvalue weighted by atomic mass is 16.3. The molecule has 1 aromatic rings. The SMILES string of the molecule is Cc1cc(C)cc(C(C)NCCC(C)O)c1. The van der Waals surface area contributed by atoms with E-state index >= 15 is 0 Å². The fraction of sp³-hybridized carbons (Fsp3) is 0.571. The Bertz CT molecular complexity index is 313. The molecule has 0 bridgehead atoms. The van der Waals surface area contributed by atoms with E-state index in [4.69, 9.17) is 0 Å². The zero-order valence-electron chi connectivity index (χ0n) is 10.7. The lowest BCUT2D eigenvalue weighted by molar-refractivity contribution is 0.182. The number of aliphatic hydroxyl groups excluding tert-OH is 1. The molecule has 2 N–H and O–H groups in total. The lowest BCUT2D eigenvalue weighted by Crippen LogP contribution is -2.22. The molecule has 16 heavy (non-hydrogen) atoms. The van der Waals surface area contributed by atoms with Crippen LogP contribution in [-0.2, 0) is 0 Å². The molecule has 2 nitrogen and oxygen atoms in total. The molecule has 0 amide bonds. The molecule has 0 spiro atoms. The zero-order chi connectivity index (χ0) is 12.1. The Morgan fingerprint density at radius 3 is 2.19 bits per heavy atom. The summed E-state index contributed by atoms with van der Waals surface area (Å²) in [6.45, 7) is 9.09. The van der Waals surface area contributed by atoms with Crippen LogP contribution in [0.2, 0.25) is 0 Å². The first-order valence-corrected chi connectivity index (χ1v) is 5.98. The molecule has 0 radical (unpaired) electrons. The second-order valence-corrected chi connectivity index (χ2v) is 4.73. The van der Waals surface area contributed by atoms with Crippen molar-refractivity contribution in [3.8, 4) is 0 Å². The summed E-state index contributed by atoms with van der Waals surface area (Å²) in [7, 11) is 0. The standard InChI is InChI=1S/C14H23NO/c1-10-7-11(2)9-14(8-10)13(4)15-6-5-12(3)16/h7-9,12-13,15-16H,5-6H2,1-4H3. The van der Waals surface area contributed by atoms with Gasteiger partial charge < -0.3 is 10.4 Å². The summed E-state index contributed by atoms with van der Waals surface area (Å²) in [5.74, 6) is 0. The Hall–Kier alpha value is -0.860. The maximum absolute atomic E-state index is 9.18. The monoisotopic (exact) mass is 221 g/mol. The summed E-state index contributed by atoms with van der Waals surface area (Å²) < 4.78 is 0. The van der Waals surface area contributed by atoms with Crippen LogP contribution < -0.4 is 5.32 Å². The summed E-state index contributed by atoms with van der Waals surface area (Å²) in [5, 5.41) is 12.6. The Morgan fingerprint density at radius 2 is 1.69 bits per heavy atom. The number of aliphatic hydroxyl groups is 1. The van der Waals surface area contributed by atoms with E-state index in [2.05, 4.69) is 44.3 Å². The quantitative estimate of drug-likeness (QED) is 0.801. The van der Waals surface area contributed by atoms with Crippen LogP contribution >= 0.6 is 0 Å². The minimum atomic E-state index is -0.223. The maximum Gasteiger partial charge on any atom is 0.0524 e. The summed E-state index contributed by atoms with van der Waals surface area (Å²) in [6.07, 6.45) is 0.578. The van der Waals surface area contributed by atoms with Crippen molar-refractivity contribution < 1.29 is 5.11 Å². The molecule has 2 heteroatoms. The van der Waals surface area contributed by atoms with Crippen LogP contribution in [0, 0.1) is 13.8 Å². The number of benzene rings is 1. The van der Waals surface area contributed by atoms with Gasteiger partial charge in [0, 0.05) is 6.04 Å². The molecular formula is C14H23NO. The van der Waals surface area contributed by atoms with Crippen LogP contribution in [0.3, 0.4) is 0 Å². The second kappa shape index (κ2) is 6.02. The highest BCUT2D eigenvalue weighted by Crippen LogP contribution is 2.16. The molecular weight excluding hydrogens is 198 g/mol. The normalized spacial score (nSPS) is 14.8.